The highest BCUT2D eigenvalue weighted by molar-refractivity contribution is 7.09. The van der Waals surface area contributed by atoms with Crippen molar-refractivity contribution in [2.24, 2.45) is 0 Å². The van der Waals surface area contributed by atoms with Crippen molar-refractivity contribution in [1.29, 1.82) is 0 Å². The maximum atomic E-state index is 12.0. The van der Waals surface area contributed by atoms with Crippen LogP contribution in [0.4, 0.5) is 0 Å². The molecule has 1 unspecified atom stereocenters. The van der Waals surface area contributed by atoms with E-state index in [1.165, 1.54) is 4.88 Å². The standard InChI is InChI=1S/C16H17ClN2O2S/c1-11(15(20)18-9-8-14-3-2-10-22-14)19-16(21)12-4-6-13(17)7-5-12/h2-7,10-11H,8-9H2,1H3,(H,18,20)(H,19,21). The molecule has 0 radical (unpaired) electrons. The Hall–Kier alpha value is -1.85. The Bertz CT molecular complexity index is 626. The summed E-state index contributed by atoms with van der Waals surface area (Å²) in [5, 5.41) is 8.06. The van der Waals surface area contributed by atoms with Crippen LogP contribution in [0.1, 0.15) is 22.2 Å². The topological polar surface area (TPSA) is 58.2 Å². The predicted molar refractivity (Wildman–Crippen MR) is 89.4 cm³/mol. The highest BCUT2D eigenvalue weighted by Gasteiger charge is 2.16. The zero-order valence-corrected chi connectivity index (χ0v) is 13.7. The van der Waals surface area contributed by atoms with Gasteiger partial charge in [-0.05, 0) is 49.1 Å². The second kappa shape index (κ2) is 7.96. The van der Waals surface area contributed by atoms with Gasteiger partial charge in [-0.15, -0.1) is 11.3 Å². The fraction of sp³-hybridized carbons (Fsp3) is 0.250. The molecule has 0 bridgehead atoms. The first-order valence-corrected chi connectivity index (χ1v) is 8.18. The molecule has 1 atom stereocenters. The van der Waals surface area contributed by atoms with E-state index in [0.29, 0.717) is 17.1 Å². The molecule has 0 aliphatic rings. The number of hydrogen-bond donors (Lipinski definition) is 2. The summed E-state index contributed by atoms with van der Waals surface area (Å²) in [6, 6.07) is 9.95. The fourth-order valence-corrected chi connectivity index (χ4v) is 2.70. The van der Waals surface area contributed by atoms with Crippen LogP contribution in [0.3, 0.4) is 0 Å². The molecule has 0 saturated carbocycles. The smallest absolute Gasteiger partial charge is 0.251 e. The highest BCUT2D eigenvalue weighted by atomic mass is 35.5. The molecule has 2 amide bonds. The molecule has 0 fully saturated rings. The van der Waals surface area contributed by atoms with E-state index in [4.69, 9.17) is 11.6 Å². The molecule has 1 aromatic carbocycles. The van der Waals surface area contributed by atoms with Gasteiger partial charge in [0.2, 0.25) is 5.91 Å². The average Bonchev–Trinajstić information content (AvgIpc) is 3.01. The summed E-state index contributed by atoms with van der Waals surface area (Å²) < 4.78 is 0. The minimum Gasteiger partial charge on any atom is -0.354 e. The van der Waals surface area contributed by atoms with Crippen molar-refractivity contribution in [2.75, 3.05) is 6.54 Å². The molecule has 2 aromatic rings. The average molecular weight is 337 g/mol. The molecule has 116 valence electrons. The van der Waals surface area contributed by atoms with E-state index in [1.54, 1.807) is 42.5 Å². The van der Waals surface area contributed by atoms with Gasteiger partial charge in [0.05, 0.1) is 0 Å². The number of carbonyl (C=O) groups excluding carboxylic acids is 2. The molecule has 0 spiro atoms. The largest absolute Gasteiger partial charge is 0.354 e. The van der Waals surface area contributed by atoms with Crippen molar-refractivity contribution in [2.45, 2.75) is 19.4 Å². The van der Waals surface area contributed by atoms with E-state index in [0.717, 1.165) is 6.42 Å². The molecule has 4 nitrogen and oxygen atoms in total. The molecule has 0 aliphatic carbocycles. The molecule has 0 aliphatic heterocycles. The summed E-state index contributed by atoms with van der Waals surface area (Å²) in [5.74, 6) is -0.489. The third-order valence-electron chi connectivity index (χ3n) is 3.10. The first-order valence-electron chi connectivity index (χ1n) is 6.93. The summed E-state index contributed by atoms with van der Waals surface area (Å²) in [6.07, 6.45) is 0.793. The van der Waals surface area contributed by atoms with Gasteiger partial charge in [-0.2, -0.15) is 0 Å². The van der Waals surface area contributed by atoms with Crippen molar-refractivity contribution in [3.63, 3.8) is 0 Å². The normalized spacial score (nSPS) is 11.7. The molecule has 22 heavy (non-hydrogen) atoms. The maximum absolute atomic E-state index is 12.0. The molecule has 6 heteroatoms. The van der Waals surface area contributed by atoms with Crippen molar-refractivity contribution >= 4 is 34.8 Å². The Morgan fingerprint density at radius 1 is 1.23 bits per heavy atom. The number of thiophene rings is 1. The highest BCUT2D eigenvalue weighted by Crippen LogP contribution is 2.10. The zero-order chi connectivity index (χ0) is 15.9. The predicted octanol–water partition coefficient (Wildman–Crippen LogP) is 2.88. The van der Waals surface area contributed by atoms with Crippen LogP contribution in [0.25, 0.3) is 0 Å². The summed E-state index contributed by atoms with van der Waals surface area (Å²) in [5.41, 5.74) is 0.475. The van der Waals surface area contributed by atoms with Crippen LogP contribution >= 0.6 is 22.9 Å². The van der Waals surface area contributed by atoms with Gasteiger partial charge in [0.25, 0.3) is 5.91 Å². The number of carbonyl (C=O) groups is 2. The summed E-state index contributed by atoms with van der Waals surface area (Å²) in [7, 11) is 0. The molecule has 1 heterocycles. The Morgan fingerprint density at radius 2 is 1.95 bits per heavy atom. The van der Waals surface area contributed by atoms with Crippen LogP contribution in [0.5, 0.6) is 0 Å². The molecular weight excluding hydrogens is 320 g/mol. The van der Waals surface area contributed by atoms with E-state index in [2.05, 4.69) is 10.6 Å². The second-order valence-electron chi connectivity index (χ2n) is 4.82. The minimum absolute atomic E-state index is 0.195. The lowest BCUT2D eigenvalue weighted by molar-refractivity contribution is -0.122. The van der Waals surface area contributed by atoms with Crippen molar-refractivity contribution < 1.29 is 9.59 Å². The lowest BCUT2D eigenvalue weighted by atomic mass is 10.2. The zero-order valence-electron chi connectivity index (χ0n) is 12.1. The van der Waals surface area contributed by atoms with Crippen LogP contribution in [0, 0.1) is 0 Å². The van der Waals surface area contributed by atoms with Gasteiger partial charge in [0.1, 0.15) is 6.04 Å². The number of rotatable bonds is 6. The van der Waals surface area contributed by atoms with Crippen molar-refractivity contribution in [3.8, 4) is 0 Å². The van der Waals surface area contributed by atoms with Crippen molar-refractivity contribution in [3.05, 3.63) is 57.2 Å². The first kappa shape index (κ1) is 16.5. The number of hydrogen-bond acceptors (Lipinski definition) is 3. The lowest BCUT2D eigenvalue weighted by Gasteiger charge is -2.14. The first-order chi connectivity index (χ1) is 10.6. The third kappa shape index (κ3) is 4.86. The van der Waals surface area contributed by atoms with Gasteiger partial charge >= 0.3 is 0 Å². The van der Waals surface area contributed by atoms with Crippen LogP contribution in [-0.4, -0.2) is 24.4 Å². The van der Waals surface area contributed by atoms with Crippen LogP contribution in [0.2, 0.25) is 5.02 Å². The lowest BCUT2D eigenvalue weighted by Crippen LogP contribution is -2.45. The number of nitrogens with one attached hydrogen (secondary N) is 2. The summed E-state index contributed by atoms with van der Waals surface area (Å²) in [4.78, 5) is 25.2. The van der Waals surface area contributed by atoms with Gasteiger partial charge in [-0.1, -0.05) is 17.7 Å². The maximum Gasteiger partial charge on any atom is 0.251 e. The number of benzene rings is 1. The van der Waals surface area contributed by atoms with Gasteiger partial charge in [0.15, 0.2) is 0 Å². The Morgan fingerprint density at radius 3 is 2.59 bits per heavy atom. The molecule has 2 rings (SSSR count). The van der Waals surface area contributed by atoms with E-state index in [-0.39, 0.29) is 11.8 Å². The molecule has 1 aromatic heterocycles. The van der Waals surface area contributed by atoms with Crippen LogP contribution in [0.15, 0.2) is 41.8 Å². The molecule has 0 saturated heterocycles. The summed E-state index contributed by atoms with van der Waals surface area (Å²) in [6.45, 7) is 2.22. The van der Waals surface area contributed by atoms with Gasteiger partial charge in [-0.25, -0.2) is 0 Å². The summed E-state index contributed by atoms with van der Waals surface area (Å²) >= 11 is 7.44. The van der Waals surface area contributed by atoms with E-state index < -0.39 is 6.04 Å². The molecular formula is C16H17ClN2O2S. The van der Waals surface area contributed by atoms with E-state index in [1.807, 2.05) is 17.5 Å². The number of amides is 2. The number of halogens is 1. The van der Waals surface area contributed by atoms with Gasteiger partial charge < -0.3 is 10.6 Å². The monoisotopic (exact) mass is 336 g/mol. The van der Waals surface area contributed by atoms with Gasteiger partial charge in [0, 0.05) is 22.0 Å². The third-order valence-corrected chi connectivity index (χ3v) is 4.29. The van der Waals surface area contributed by atoms with Gasteiger partial charge in [-0.3, -0.25) is 9.59 Å². The van der Waals surface area contributed by atoms with Crippen LogP contribution in [-0.2, 0) is 11.2 Å². The van der Waals surface area contributed by atoms with Crippen molar-refractivity contribution in [1.82, 2.24) is 10.6 Å². The Balaban J connectivity index is 1.78. The Kier molecular flexibility index (Phi) is 5.98. The SMILES string of the molecule is CC(NC(=O)c1ccc(Cl)cc1)C(=O)NCCc1cccs1. The van der Waals surface area contributed by atoms with E-state index in [9.17, 15) is 9.59 Å². The van der Waals surface area contributed by atoms with Crippen LogP contribution < -0.4 is 10.6 Å². The quantitative estimate of drug-likeness (QED) is 0.852. The Labute approximate surface area is 138 Å². The minimum atomic E-state index is -0.591. The van der Waals surface area contributed by atoms with E-state index >= 15 is 0 Å². The molecule has 2 N–H and O–H groups in total. The fourth-order valence-electron chi connectivity index (χ4n) is 1.86. The second-order valence-corrected chi connectivity index (χ2v) is 6.29.